The molecule has 0 atom stereocenters. The molecule has 0 N–H and O–H groups in total. The van der Waals surface area contributed by atoms with Crippen LogP contribution < -0.4 is 0 Å². The number of aromatic nitrogens is 1. The van der Waals surface area contributed by atoms with E-state index in [0.717, 1.165) is 5.69 Å². The summed E-state index contributed by atoms with van der Waals surface area (Å²) in [4.78, 5) is 4.48. The van der Waals surface area contributed by atoms with Gasteiger partial charge in [-0.15, -0.1) is 0 Å². The van der Waals surface area contributed by atoms with Crippen LogP contribution in [0.2, 0.25) is 0 Å². The molecule has 0 spiro atoms. The molecular weight excluding hydrogens is 242 g/mol. The van der Waals surface area contributed by atoms with E-state index in [1.807, 2.05) is 18.3 Å². The second-order valence-electron chi connectivity index (χ2n) is 6.21. The van der Waals surface area contributed by atoms with Gasteiger partial charge in [-0.3, -0.25) is 4.98 Å². The molecule has 0 aliphatic rings. The van der Waals surface area contributed by atoms with Crippen molar-refractivity contribution in [1.82, 2.24) is 4.98 Å². The van der Waals surface area contributed by atoms with Gasteiger partial charge in [0.1, 0.15) is 0 Å². The molecule has 0 unspecified atom stereocenters. The van der Waals surface area contributed by atoms with Crippen molar-refractivity contribution in [2.45, 2.75) is 26.2 Å². The molecule has 100 valence electrons. The third-order valence-corrected chi connectivity index (χ3v) is 3.63. The fourth-order valence-electron chi connectivity index (χ4n) is 2.61. The first-order valence-corrected chi connectivity index (χ1v) is 7.00. The van der Waals surface area contributed by atoms with Gasteiger partial charge in [-0.2, -0.15) is 0 Å². The first kappa shape index (κ1) is 12.9. The van der Waals surface area contributed by atoms with Crippen molar-refractivity contribution < 1.29 is 0 Å². The maximum Gasteiger partial charge on any atom is 0.0702 e. The quantitative estimate of drug-likeness (QED) is 0.586. The number of pyridine rings is 1. The number of nitrogens with zero attached hydrogens (tertiary/aromatic N) is 1. The number of hydrogen-bond acceptors (Lipinski definition) is 1. The summed E-state index contributed by atoms with van der Waals surface area (Å²) >= 11 is 0. The zero-order chi connectivity index (χ0) is 14.2. The zero-order valence-corrected chi connectivity index (χ0v) is 12.2. The molecule has 3 rings (SSSR count). The monoisotopic (exact) mass is 261 g/mol. The van der Waals surface area contributed by atoms with Crippen molar-refractivity contribution in [2.24, 2.45) is 0 Å². The largest absolute Gasteiger partial charge is 0.256 e. The second-order valence-corrected chi connectivity index (χ2v) is 6.21. The highest BCUT2D eigenvalue weighted by Gasteiger charge is 2.18. The zero-order valence-electron chi connectivity index (χ0n) is 12.2. The maximum atomic E-state index is 4.48. The van der Waals surface area contributed by atoms with Crippen LogP contribution in [0.1, 0.15) is 26.3 Å². The smallest absolute Gasteiger partial charge is 0.0702 e. The summed E-state index contributed by atoms with van der Waals surface area (Å²) in [5.41, 5.74) is 3.71. The predicted octanol–water partition coefficient (Wildman–Crippen LogP) is 5.20. The fraction of sp³-hybridized carbons (Fsp3) is 0.211. The Bertz CT molecular complexity index is 737. The lowest BCUT2D eigenvalue weighted by Crippen LogP contribution is -2.12. The Hall–Kier alpha value is -2.15. The minimum absolute atomic E-state index is 0.115. The summed E-state index contributed by atoms with van der Waals surface area (Å²) in [5, 5.41) is 2.61. The van der Waals surface area contributed by atoms with Crippen LogP contribution >= 0.6 is 0 Å². The summed E-state index contributed by atoms with van der Waals surface area (Å²) < 4.78 is 0. The topological polar surface area (TPSA) is 12.9 Å². The van der Waals surface area contributed by atoms with E-state index in [1.165, 1.54) is 21.9 Å². The van der Waals surface area contributed by atoms with Gasteiger partial charge in [-0.05, 0) is 46.0 Å². The lowest BCUT2D eigenvalue weighted by atomic mass is 9.82. The normalized spacial score (nSPS) is 11.8. The lowest BCUT2D eigenvalue weighted by molar-refractivity contribution is 0.596. The van der Waals surface area contributed by atoms with Gasteiger partial charge in [-0.1, -0.05) is 51.1 Å². The maximum absolute atomic E-state index is 4.48. The Balaban J connectivity index is 2.31. The van der Waals surface area contributed by atoms with E-state index >= 15 is 0 Å². The van der Waals surface area contributed by atoms with Gasteiger partial charge in [0.2, 0.25) is 0 Å². The summed E-state index contributed by atoms with van der Waals surface area (Å²) in [6.07, 6.45) is 1.85. The minimum atomic E-state index is 0.115. The summed E-state index contributed by atoms with van der Waals surface area (Å²) in [6, 6.07) is 19.2. The highest BCUT2D eigenvalue weighted by Crippen LogP contribution is 2.34. The van der Waals surface area contributed by atoms with E-state index in [-0.39, 0.29) is 5.41 Å². The van der Waals surface area contributed by atoms with E-state index in [1.54, 1.807) is 0 Å². The number of fused-ring (bicyclic) bond motifs is 1. The highest BCUT2D eigenvalue weighted by atomic mass is 14.7. The van der Waals surface area contributed by atoms with Gasteiger partial charge < -0.3 is 0 Å². The van der Waals surface area contributed by atoms with Gasteiger partial charge in [0.25, 0.3) is 0 Å². The molecule has 0 radical (unpaired) electrons. The summed E-state index contributed by atoms with van der Waals surface area (Å²) in [7, 11) is 0. The Kier molecular flexibility index (Phi) is 3.06. The molecule has 0 aliphatic carbocycles. The van der Waals surface area contributed by atoms with Crippen LogP contribution in [-0.4, -0.2) is 4.98 Å². The average Bonchev–Trinajstić information content (AvgIpc) is 2.46. The standard InChI is InChI=1S/C19H19N/c1-19(2,3)17-13-15(18-10-6-7-11-20-18)12-14-8-4-5-9-16(14)17/h4-13H,1-3H3. The van der Waals surface area contributed by atoms with Crippen LogP contribution in [0.4, 0.5) is 0 Å². The number of benzene rings is 2. The van der Waals surface area contributed by atoms with Crippen LogP contribution in [0.25, 0.3) is 22.0 Å². The van der Waals surface area contributed by atoms with Crippen molar-refractivity contribution in [3.05, 3.63) is 66.4 Å². The van der Waals surface area contributed by atoms with Crippen molar-refractivity contribution in [2.75, 3.05) is 0 Å². The van der Waals surface area contributed by atoms with E-state index in [9.17, 15) is 0 Å². The van der Waals surface area contributed by atoms with Gasteiger partial charge in [0, 0.05) is 11.8 Å². The van der Waals surface area contributed by atoms with E-state index in [4.69, 9.17) is 0 Å². The molecule has 0 amide bonds. The molecule has 0 saturated carbocycles. The fourth-order valence-corrected chi connectivity index (χ4v) is 2.61. The third kappa shape index (κ3) is 2.32. The van der Waals surface area contributed by atoms with Crippen molar-refractivity contribution in [3.8, 4) is 11.3 Å². The molecule has 20 heavy (non-hydrogen) atoms. The number of hydrogen-bond donors (Lipinski definition) is 0. The Morgan fingerprint density at radius 1 is 0.850 bits per heavy atom. The predicted molar refractivity (Wildman–Crippen MR) is 85.9 cm³/mol. The van der Waals surface area contributed by atoms with Crippen molar-refractivity contribution in [3.63, 3.8) is 0 Å². The van der Waals surface area contributed by atoms with E-state index in [2.05, 4.69) is 68.2 Å². The van der Waals surface area contributed by atoms with Crippen LogP contribution in [0.15, 0.2) is 60.8 Å². The third-order valence-electron chi connectivity index (χ3n) is 3.63. The molecule has 1 heterocycles. The SMILES string of the molecule is CC(C)(C)c1cc(-c2ccccn2)cc2ccccc12. The van der Waals surface area contributed by atoms with Crippen LogP contribution in [0.3, 0.4) is 0 Å². The first-order valence-electron chi connectivity index (χ1n) is 7.00. The van der Waals surface area contributed by atoms with Gasteiger partial charge in [-0.25, -0.2) is 0 Å². The van der Waals surface area contributed by atoms with Crippen LogP contribution in [0.5, 0.6) is 0 Å². The second kappa shape index (κ2) is 4.75. The number of rotatable bonds is 1. The van der Waals surface area contributed by atoms with Gasteiger partial charge in [0.15, 0.2) is 0 Å². The molecule has 1 aromatic heterocycles. The Morgan fingerprint density at radius 2 is 1.60 bits per heavy atom. The Morgan fingerprint density at radius 3 is 2.30 bits per heavy atom. The molecule has 3 aromatic rings. The molecular formula is C19H19N. The minimum Gasteiger partial charge on any atom is -0.256 e. The Labute approximate surface area is 120 Å². The molecule has 2 aromatic carbocycles. The molecule has 1 heteroatoms. The summed E-state index contributed by atoms with van der Waals surface area (Å²) in [5.74, 6) is 0. The molecule has 0 aliphatic heterocycles. The van der Waals surface area contributed by atoms with Crippen LogP contribution in [-0.2, 0) is 5.41 Å². The average molecular weight is 261 g/mol. The van der Waals surface area contributed by atoms with Gasteiger partial charge >= 0.3 is 0 Å². The highest BCUT2D eigenvalue weighted by molar-refractivity contribution is 5.90. The lowest BCUT2D eigenvalue weighted by Gasteiger charge is -2.22. The van der Waals surface area contributed by atoms with E-state index < -0.39 is 0 Å². The van der Waals surface area contributed by atoms with E-state index in [0.29, 0.717) is 0 Å². The van der Waals surface area contributed by atoms with Gasteiger partial charge in [0.05, 0.1) is 5.69 Å². The molecule has 1 nitrogen and oxygen atoms in total. The molecule has 0 saturated heterocycles. The first-order chi connectivity index (χ1) is 9.55. The van der Waals surface area contributed by atoms with Crippen LogP contribution in [0, 0.1) is 0 Å². The molecule has 0 fully saturated rings. The summed E-state index contributed by atoms with van der Waals surface area (Å²) in [6.45, 7) is 6.78. The van der Waals surface area contributed by atoms with Crippen molar-refractivity contribution in [1.29, 1.82) is 0 Å². The molecule has 0 bridgehead atoms. The van der Waals surface area contributed by atoms with Crippen molar-refractivity contribution >= 4 is 10.8 Å².